The van der Waals surface area contributed by atoms with Crippen LogP contribution >= 0.6 is 22.7 Å². The van der Waals surface area contributed by atoms with Gasteiger partial charge in [-0.2, -0.15) is 4.99 Å². The van der Waals surface area contributed by atoms with Crippen molar-refractivity contribution in [1.82, 2.24) is 9.55 Å². The molecule has 1 N–H and O–H groups in total. The molecule has 32 heavy (non-hydrogen) atoms. The van der Waals surface area contributed by atoms with E-state index in [9.17, 15) is 18.0 Å². The van der Waals surface area contributed by atoms with E-state index in [0.29, 0.717) is 10.5 Å². The highest BCUT2D eigenvalue weighted by Gasteiger charge is 2.22. The summed E-state index contributed by atoms with van der Waals surface area (Å²) < 4.78 is 27.4. The molecule has 2 heterocycles. The van der Waals surface area contributed by atoms with Crippen LogP contribution in [0, 0.1) is 0 Å². The average Bonchev–Trinajstić information content (AvgIpc) is 3.32. The second-order valence-electron chi connectivity index (χ2n) is 6.90. The minimum Gasteiger partial charge on any atom is -0.319 e. The van der Waals surface area contributed by atoms with Crippen molar-refractivity contribution in [2.45, 2.75) is 0 Å². The summed E-state index contributed by atoms with van der Waals surface area (Å²) >= 11 is 2.48. The Morgan fingerprint density at radius 3 is 2.53 bits per heavy atom. The van der Waals surface area contributed by atoms with Gasteiger partial charge in [-0.15, -0.1) is 11.3 Å². The number of aromatic nitrogens is 2. The number of nitrogens with one attached hydrogen (secondary N) is 1. The fourth-order valence-corrected chi connectivity index (χ4v) is 5.78. The Hall–Kier alpha value is -3.15. The molecule has 4 rings (SSSR count). The molecule has 0 aliphatic carbocycles. The van der Waals surface area contributed by atoms with Crippen molar-refractivity contribution >= 4 is 59.7 Å². The third kappa shape index (κ3) is 5.18. The van der Waals surface area contributed by atoms with Crippen molar-refractivity contribution in [2.75, 3.05) is 16.8 Å². The molecule has 0 unspecified atom stereocenters. The van der Waals surface area contributed by atoms with Crippen LogP contribution in [0.2, 0.25) is 0 Å². The normalized spacial score (nSPS) is 12.2. The van der Waals surface area contributed by atoms with Crippen LogP contribution < -0.4 is 10.1 Å². The number of thiazole rings is 2. The SMILES string of the molecule is Cn1c(=NC(=O)CS(=O)(=O)CC(=O)Nc2nc(-c3ccccc3)cs2)sc2ccccc21. The molecule has 0 aliphatic rings. The minimum atomic E-state index is -3.99. The van der Waals surface area contributed by atoms with Crippen molar-refractivity contribution in [2.24, 2.45) is 12.0 Å². The minimum absolute atomic E-state index is 0.289. The smallest absolute Gasteiger partial charge is 0.263 e. The molecule has 0 spiro atoms. The van der Waals surface area contributed by atoms with Crippen LogP contribution in [0.5, 0.6) is 0 Å². The Bertz CT molecular complexity index is 1470. The van der Waals surface area contributed by atoms with Crippen LogP contribution in [0.25, 0.3) is 21.5 Å². The molecule has 11 heteroatoms. The number of para-hydroxylation sites is 1. The highest BCUT2D eigenvalue weighted by molar-refractivity contribution is 7.92. The largest absolute Gasteiger partial charge is 0.319 e. The second kappa shape index (κ2) is 9.15. The van der Waals surface area contributed by atoms with E-state index in [1.807, 2.05) is 54.6 Å². The molecule has 0 atom stereocenters. The fraction of sp³-hybridized carbons (Fsp3) is 0.143. The number of sulfone groups is 1. The molecule has 0 aliphatic heterocycles. The van der Waals surface area contributed by atoms with Crippen LogP contribution in [-0.2, 0) is 26.5 Å². The Balaban J connectivity index is 1.40. The van der Waals surface area contributed by atoms with Crippen molar-refractivity contribution in [1.29, 1.82) is 0 Å². The first-order valence-electron chi connectivity index (χ1n) is 9.44. The maximum atomic E-state index is 12.4. The molecule has 164 valence electrons. The molecule has 0 fully saturated rings. The van der Waals surface area contributed by atoms with Gasteiger partial charge in [0.2, 0.25) is 5.91 Å². The van der Waals surface area contributed by atoms with Crippen LogP contribution in [0.4, 0.5) is 5.13 Å². The first kappa shape index (κ1) is 22.1. The van der Waals surface area contributed by atoms with E-state index in [1.165, 1.54) is 22.7 Å². The summed E-state index contributed by atoms with van der Waals surface area (Å²) in [7, 11) is -2.24. The highest BCUT2D eigenvalue weighted by atomic mass is 32.2. The van der Waals surface area contributed by atoms with Gasteiger partial charge in [-0.1, -0.05) is 53.8 Å². The van der Waals surface area contributed by atoms with Crippen molar-refractivity contribution in [3.05, 3.63) is 64.8 Å². The van der Waals surface area contributed by atoms with Crippen LogP contribution in [0.3, 0.4) is 0 Å². The van der Waals surface area contributed by atoms with Gasteiger partial charge in [0.05, 0.1) is 15.9 Å². The topological polar surface area (TPSA) is 110 Å². The maximum absolute atomic E-state index is 12.4. The lowest BCUT2D eigenvalue weighted by molar-refractivity contribution is -0.115. The number of nitrogens with zero attached hydrogens (tertiary/aromatic N) is 3. The molecular formula is C21H18N4O4S3. The summed E-state index contributed by atoms with van der Waals surface area (Å²) in [5, 5.41) is 4.54. The molecule has 0 bridgehead atoms. The number of amides is 2. The van der Waals surface area contributed by atoms with Gasteiger partial charge in [-0.25, -0.2) is 13.4 Å². The molecule has 0 radical (unpaired) electrons. The van der Waals surface area contributed by atoms with Gasteiger partial charge >= 0.3 is 0 Å². The molecular weight excluding hydrogens is 468 g/mol. The molecule has 0 saturated carbocycles. The lowest BCUT2D eigenvalue weighted by atomic mass is 10.2. The number of benzene rings is 2. The van der Waals surface area contributed by atoms with Gasteiger partial charge in [0.25, 0.3) is 5.91 Å². The van der Waals surface area contributed by atoms with Crippen molar-refractivity contribution < 1.29 is 18.0 Å². The van der Waals surface area contributed by atoms with Gasteiger partial charge in [0.15, 0.2) is 19.8 Å². The zero-order valence-corrected chi connectivity index (χ0v) is 19.3. The Morgan fingerprint density at radius 1 is 1.06 bits per heavy atom. The molecule has 0 saturated heterocycles. The number of carbonyl (C=O) groups is 2. The number of anilines is 1. The predicted octanol–water partition coefficient (Wildman–Crippen LogP) is 2.84. The van der Waals surface area contributed by atoms with Crippen LogP contribution in [0.1, 0.15) is 0 Å². The lowest BCUT2D eigenvalue weighted by Crippen LogP contribution is -2.28. The molecule has 4 aromatic rings. The third-order valence-electron chi connectivity index (χ3n) is 4.45. The molecule has 2 aromatic heterocycles. The summed E-state index contributed by atoms with van der Waals surface area (Å²) in [6.07, 6.45) is 0. The van der Waals surface area contributed by atoms with Gasteiger partial charge < -0.3 is 9.88 Å². The van der Waals surface area contributed by atoms with Crippen molar-refractivity contribution in [3.8, 4) is 11.3 Å². The molecule has 8 nitrogen and oxygen atoms in total. The average molecular weight is 487 g/mol. The monoisotopic (exact) mass is 486 g/mol. The standard InChI is InChI=1S/C21H18N4O4S3/c1-25-16-9-5-6-10-17(16)31-21(25)24-19(27)13-32(28,29)12-18(26)23-20-22-15(11-30-20)14-7-3-2-4-8-14/h2-11H,12-13H2,1H3,(H,22,23,26). The number of carbonyl (C=O) groups excluding carboxylic acids is 2. The first-order chi connectivity index (χ1) is 15.3. The number of hydrogen-bond acceptors (Lipinski definition) is 7. The summed E-state index contributed by atoms with van der Waals surface area (Å²) in [5.41, 5.74) is 2.46. The van der Waals surface area contributed by atoms with Gasteiger partial charge in [-0.3, -0.25) is 9.59 Å². The van der Waals surface area contributed by atoms with E-state index in [-0.39, 0.29) is 5.13 Å². The van der Waals surface area contributed by atoms with E-state index in [4.69, 9.17) is 0 Å². The van der Waals surface area contributed by atoms with E-state index in [1.54, 1.807) is 17.0 Å². The Morgan fingerprint density at radius 2 is 1.78 bits per heavy atom. The molecule has 2 aromatic carbocycles. The Labute approximate surface area is 191 Å². The second-order valence-corrected chi connectivity index (χ2v) is 10.8. The van der Waals surface area contributed by atoms with E-state index in [0.717, 1.165) is 15.8 Å². The number of rotatable bonds is 6. The molecule has 2 amide bonds. The van der Waals surface area contributed by atoms with Gasteiger partial charge in [0, 0.05) is 18.0 Å². The summed E-state index contributed by atoms with van der Waals surface area (Å²) in [6.45, 7) is 0. The van der Waals surface area contributed by atoms with E-state index in [2.05, 4.69) is 15.3 Å². The maximum Gasteiger partial charge on any atom is 0.263 e. The quantitative estimate of drug-likeness (QED) is 0.451. The first-order valence-corrected chi connectivity index (χ1v) is 13.0. The van der Waals surface area contributed by atoms with E-state index >= 15 is 0 Å². The lowest BCUT2D eigenvalue weighted by Gasteiger charge is -2.02. The number of aryl methyl sites for hydroxylation is 1. The third-order valence-corrected chi connectivity index (χ3v) is 7.71. The highest BCUT2D eigenvalue weighted by Crippen LogP contribution is 2.24. The predicted molar refractivity (Wildman–Crippen MR) is 126 cm³/mol. The van der Waals surface area contributed by atoms with Crippen LogP contribution in [0.15, 0.2) is 65.0 Å². The summed E-state index contributed by atoms with van der Waals surface area (Å²) in [4.78, 5) is 33.1. The van der Waals surface area contributed by atoms with Gasteiger partial charge in [-0.05, 0) is 12.1 Å². The van der Waals surface area contributed by atoms with Gasteiger partial charge in [0.1, 0.15) is 11.5 Å². The zero-order valence-electron chi connectivity index (χ0n) is 16.9. The number of hydrogen-bond donors (Lipinski definition) is 1. The van der Waals surface area contributed by atoms with Crippen LogP contribution in [-0.4, -0.2) is 41.3 Å². The summed E-state index contributed by atoms with van der Waals surface area (Å²) in [6, 6.07) is 16.9. The number of fused-ring (bicyclic) bond motifs is 1. The Kier molecular flexibility index (Phi) is 6.31. The van der Waals surface area contributed by atoms with Crippen molar-refractivity contribution in [3.63, 3.8) is 0 Å². The fourth-order valence-electron chi connectivity index (χ4n) is 2.99. The van der Waals surface area contributed by atoms with E-state index < -0.39 is 33.2 Å². The summed E-state index contributed by atoms with van der Waals surface area (Å²) in [5.74, 6) is -3.24. The zero-order chi connectivity index (χ0) is 22.7.